The molecule has 3 aromatic heterocycles. The van der Waals surface area contributed by atoms with Crippen LogP contribution in [-0.4, -0.2) is 93.0 Å². The fourth-order valence-corrected chi connectivity index (χ4v) is 5.80. The van der Waals surface area contributed by atoms with Crippen LogP contribution in [0.5, 0.6) is 11.5 Å². The second-order valence-corrected chi connectivity index (χ2v) is 10.8. The van der Waals surface area contributed by atoms with Crippen molar-refractivity contribution in [3.63, 3.8) is 0 Å². The Labute approximate surface area is 248 Å². The Hall–Kier alpha value is -5.00. The number of pyridine rings is 1. The SMILES string of the molecule is COc1ccc2cc1OCCCN(C(=O)c1cnc3ccnn3c1C)CC(=O)N[C@H]1CN(C(=O)Cc3cccnc3)C[C@H]21. The summed E-state index contributed by atoms with van der Waals surface area (Å²) < 4.78 is 13.3. The molecule has 0 unspecified atom stereocenters. The summed E-state index contributed by atoms with van der Waals surface area (Å²) in [5, 5.41) is 7.40. The van der Waals surface area contributed by atoms with Gasteiger partial charge in [0.2, 0.25) is 11.8 Å². The van der Waals surface area contributed by atoms with Gasteiger partial charge in [-0.25, -0.2) is 9.50 Å². The normalized spacial score (nSPS) is 19.0. The quantitative estimate of drug-likeness (QED) is 0.386. The highest BCUT2D eigenvalue weighted by atomic mass is 16.5. The third-order valence-electron chi connectivity index (χ3n) is 8.05. The molecule has 2 bridgehead atoms. The van der Waals surface area contributed by atoms with Crippen molar-refractivity contribution in [2.75, 3.05) is 39.9 Å². The van der Waals surface area contributed by atoms with Gasteiger partial charge in [-0.3, -0.25) is 19.4 Å². The van der Waals surface area contributed by atoms with Gasteiger partial charge in [-0.05, 0) is 42.7 Å². The van der Waals surface area contributed by atoms with Gasteiger partial charge in [0.05, 0.1) is 50.2 Å². The van der Waals surface area contributed by atoms with E-state index in [2.05, 4.69) is 20.4 Å². The Kier molecular flexibility index (Phi) is 7.91. The van der Waals surface area contributed by atoms with Crippen LogP contribution in [0.4, 0.5) is 0 Å². The van der Waals surface area contributed by atoms with Crippen molar-refractivity contribution in [2.45, 2.75) is 31.7 Å². The minimum absolute atomic E-state index is 0.0466. The molecule has 2 aliphatic heterocycles. The molecule has 0 aliphatic carbocycles. The highest BCUT2D eigenvalue weighted by Crippen LogP contribution is 2.35. The van der Waals surface area contributed by atoms with Gasteiger partial charge in [-0.15, -0.1) is 0 Å². The Bertz CT molecular complexity index is 1660. The number of carbonyl (C=O) groups is 3. The summed E-state index contributed by atoms with van der Waals surface area (Å²) >= 11 is 0. The number of aryl methyl sites for hydroxylation is 1. The minimum atomic E-state index is -0.367. The number of methoxy groups -OCH3 is 1. The smallest absolute Gasteiger partial charge is 0.257 e. The van der Waals surface area contributed by atoms with Crippen LogP contribution < -0.4 is 14.8 Å². The first-order valence-electron chi connectivity index (χ1n) is 14.3. The number of ether oxygens (including phenoxy) is 2. The Morgan fingerprint density at radius 1 is 1.12 bits per heavy atom. The second kappa shape index (κ2) is 12.1. The molecule has 0 saturated carbocycles. The first-order chi connectivity index (χ1) is 20.9. The molecule has 4 aromatic rings. The summed E-state index contributed by atoms with van der Waals surface area (Å²) in [4.78, 5) is 52.3. The molecule has 0 spiro atoms. The van der Waals surface area contributed by atoms with E-state index in [4.69, 9.17) is 9.47 Å². The van der Waals surface area contributed by atoms with Crippen LogP contribution in [0.2, 0.25) is 0 Å². The summed E-state index contributed by atoms with van der Waals surface area (Å²) in [7, 11) is 1.58. The van der Waals surface area contributed by atoms with E-state index in [-0.39, 0.29) is 49.2 Å². The zero-order chi connectivity index (χ0) is 29.9. The lowest BCUT2D eigenvalue weighted by molar-refractivity contribution is -0.130. The predicted molar refractivity (Wildman–Crippen MR) is 156 cm³/mol. The van der Waals surface area contributed by atoms with E-state index in [1.165, 1.54) is 11.1 Å². The first-order valence-corrected chi connectivity index (χ1v) is 14.3. The molecule has 12 nitrogen and oxygen atoms in total. The number of aromatic nitrogens is 4. The second-order valence-electron chi connectivity index (χ2n) is 10.8. The molecule has 0 radical (unpaired) electrons. The molecule has 43 heavy (non-hydrogen) atoms. The predicted octanol–water partition coefficient (Wildman–Crippen LogP) is 2.02. The fourth-order valence-electron chi connectivity index (χ4n) is 5.80. The lowest BCUT2D eigenvalue weighted by Gasteiger charge is -2.25. The van der Waals surface area contributed by atoms with Crippen molar-refractivity contribution in [3.05, 3.63) is 83.6 Å². The molecular formula is C31H33N7O5. The number of nitrogens with zero attached hydrogens (tertiary/aromatic N) is 6. The highest BCUT2D eigenvalue weighted by molar-refractivity contribution is 5.97. The molecule has 2 aliphatic rings. The molecule has 5 heterocycles. The number of benzene rings is 1. The Morgan fingerprint density at radius 2 is 2.00 bits per heavy atom. The van der Waals surface area contributed by atoms with E-state index < -0.39 is 0 Å². The number of amides is 3. The zero-order valence-electron chi connectivity index (χ0n) is 24.1. The van der Waals surface area contributed by atoms with Gasteiger partial charge in [-0.2, -0.15) is 5.10 Å². The topological polar surface area (TPSA) is 131 Å². The molecule has 3 amide bonds. The maximum atomic E-state index is 13.8. The van der Waals surface area contributed by atoms with Crippen LogP contribution >= 0.6 is 0 Å². The molecule has 1 N–H and O–H groups in total. The number of fused-ring (bicyclic) bond motifs is 5. The van der Waals surface area contributed by atoms with Gasteiger partial charge in [-0.1, -0.05) is 12.1 Å². The van der Waals surface area contributed by atoms with Gasteiger partial charge in [0.25, 0.3) is 5.91 Å². The zero-order valence-corrected chi connectivity index (χ0v) is 24.1. The number of hydrogen-bond acceptors (Lipinski definition) is 8. The van der Waals surface area contributed by atoms with Crippen molar-refractivity contribution in [1.82, 2.24) is 34.7 Å². The van der Waals surface area contributed by atoms with E-state index in [0.29, 0.717) is 54.5 Å². The number of nitrogens with one attached hydrogen (secondary N) is 1. The van der Waals surface area contributed by atoms with Crippen LogP contribution in [-0.2, 0) is 16.0 Å². The molecule has 222 valence electrons. The van der Waals surface area contributed by atoms with Crippen molar-refractivity contribution in [1.29, 1.82) is 0 Å². The molecule has 2 atom stereocenters. The van der Waals surface area contributed by atoms with Crippen molar-refractivity contribution < 1.29 is 23.9 Å². The third-order valence-corrected chi connectivity index (χ3v) is 8.05. The average Bonchev–Trinajstić information content (AvgIpc) is 3.67. The summed E-state index contributed by atoms with van der Waals surface area (Å²) in [5.74, 6) is 0.310. The lowest BCUT2D eigenvalue weighted by atomic mass is 9.94. The average molecular weight is 584 g/mol. The molecular weight excluding hydrogens is 550 g/mol. The van der Waals surface area contributed by atoms with E-state index >= 15 is 0 Å². The summed E-state index contributed by atoms with van der Waals surface area (Å²) in [6.07, 6.45) is 7.22. The molecule has 1 aromatic carbocycles. The van der Waals surface area contributed by atoms with E-state index in [0.717, 1.165) is 11.1 Å². The fraction of sp³-hybridized carbons (Fsp3) is 0.355. The largest absolute Gasteiger partial charge is 0.493 e. The molecule has 6 rings (SSSR count). The van der Waals surface area contributed by atoms with Crippen LogP contribution in [0.1, 0.15) is 39.5 Å². The number of likely N-dealkylation sites (tertiary alicyclic amines) is 1. The Balaban J connectivity index is 1.28. The number of hydrogen-bond donors (Lipinski definition) is 1. The van der Waals surface area contributed by atoms with Crippen molar-refractivity contribution in [3.8, 4) is 11.5 Å². The summed E-state index contributed by atoms with van der Waals surface area (Å²) in [6, 6.07) is 10.8. The molecule has 1 saturated heterocycles. The molecule has 1 fully saturated rings. The van der Waals surface area contributed by atoms with Gasteiger partial charge in [0.1, 0.15) is 0 Å². The standard InChI is InChI=1S/C31H33N7O5/c1-20-23(16-33-28-8-10-34-38(20)28)31(41)36-11-4-12-43-27-14-22(6-7-26(27)42-2)24-17-37(18-25(24)35-29(39)19-36)30(40)13-21-5-3-9-32-15-21/h3,5-10,14-16,24-25H,4,11-13,17-19H2,1-2H3,(H,35,39)/t24-,25+/m1/s1. The summed E-state index contributed by atoms with van der Waals surface area (Å²) in [6.45, 7) is 3.01. The van der Waals surface area contributed by atoms with Crippen LogP contribution in [0, 0.1) is 6.92 Å². The maximum absolute atomic E-state index is 13.8. The van der Waals surface area contributed by atoms with E-state index in [9.17, 15) is 14.4 Å². The van der Waals surface area contributed by atoms with E-state index in [1.54, 1.807) is 54.2 Å². The number of carbonyl (C=O) groups excluding carboxylic acids is 3. The third kappa shape index (κ3) is 5.85. The van der Waals surface area contributed by atoms with Crippen LogP contribution in [0.3, 0.4) is 0 Å². The number of rotatable bonds is 4. The van der Waals surface area contributed by atoms with E-state index in [1.807, 2.05) is 24.3 Å². The van der Waals surface area contributed by atoms with Gasteiger partial charge < -0.3 is 24.6 Å². The monoisotopic (exact) mass is 583 g/mol. The summed E-state index contributed by atoms with van der Waals surface area (Å²) in [5.41, 5.74) is 3.40. The lowest BCUT2D eigenvalue weighted by Crippen LogP contribution is -2.47. The molecule has 12 heteroatoms. The first kappa shape index (κ1) is 28.1. The maximum Gasteiger partial charge on any atom is 0.257 e. The van der Waals surface area contributed by atoms with Gasteiger partial charge >= 0.3 is 0 Å². The van der Waals surface area contributed by atoms with Crippen LogP contribution in [0.15, 0.2) is 61.2 Å². The van der Waals surface area contributed by atoms with Gasteiger partial charge in [0.15, 0.2) is 17.1 Å². The van der Waals surface area contributed by atoms with Crippen molar-refractivity contribution >= 4 is 23.4 Å². The van der Waals surface area contributed by atoms with Gasteiger partial charge in [0, 0.05) is 50.2 Å². The van der Waals surface area contributed by atoms with Crippen molar-refractivity contribution in [2.24, 2.45) is 0 Å². The minimum Gasteiger partial charge on any atom is -0.493 e. The Morgan fingerprint density at radius 3 is 2.81 bits per heavy atom. The highest BCUT2D eigenvalue weighted by Gasteiger charge is 2.38. The van der Waals surface area contributed by atoms with Crippen LogP contribution in [0.25, 0.3) is 5.65 Å².